The molecule has 1 saturated heterocycles. The van der Waals surface area contributed by atoms with Crippen molar-refractivity contribution in [3.63, 3.8) is 0 Å². The number of benzene rings is 2. The SMILES string of the molecule is CCOc1cncc(C#Cc2ccccc2C(=O)N2CCN(c3ccc(C(=O)NCC(F)(F)F)cc3)CC2)c1. The van der Waals surface area contributed by atoms with Crippen LogP contribution in [0.5, 0.6) is 5.75 Å². The molecule has 0 radical (unpaired) electrons. The van der Waals surface area contributed by atoms with Crippen molar-refractivity contribution in [2.24, 2.45) is 0 Å². The van der Waals surface area contributed by atoms with Crippen molar-refractivity contribution in [3.8, 4) is 17.6 Å². The molecule has 2 amide bonds. The largest absolute Gasteiger partial charge is 0.492 e. The molecule has 0 aliphatic carbocycles. The Morgan fingerprint density at radius 2 is 1.72 bits per heavy atom. The highest BCUT2D eigenvalue weighted by molar-refractivity contribution is 5.97. The summed E-state index contributed by atoms with van der Waals surface area (Å²) in [5.41, 5.74) is 2.78. The Morgan fingerprint density at radius 3 is 2.41 bits per heavy atom. The summed E-state index contributed by atoms with van der Waals surface area (Å²) in [7, 11) is 0. The summed E-state index contributed by atoms with van der Waals surface area (Å²) in [6, 6.07) is 15.4. The highest BCUT2D eigenvalue weighted by Crippen LogP contribution is 2.20. The van der Waals surface area contributed by atoms with Gasteiger partial charge in [-0.25, -0.2) is 0 Å². The number of carbonyl (C=O) groups excluding carboxylic acids is 2. The van der Waals surface area contributed by atoms with Crippen molar-refractivity contribution in [1.29, 1.82) is 0 Å². The first-order valence-electron chi connectivity index (χ1n) is 12.4. The van der Waals surface area contributed by atoms with E-state index in [0.29, 0.717) is 55.2 Å². The van der Waals surface area contributed by atoms with Crippen LogP contribution in [0.1, 0.15) is 38.8 Å². The molecule has 1 N–H and O–H groups in total. The smallest absolute Gasteiger partial charge is 0.405 e. The maximum atomic E-state index is 13.3. The number of ether oxygens (including phenoxy) is 1. The van der Waals surface area contributed by atoms with Gasteiger partial charge in [-0.2, -0.15) is 13.2 Å². The van der Waals surface area contributed by atoms with Crippen molar-refractivity contribution < 1.29 is 27.5 Å². The average molecular weight is 537 g/mol. The van der Waals surface area contributed by atoms with Crippen LogP contribution in [0.2, 0.25) is 0 Å². The Kier molecular flexibility index (Phi) is 8.71. The molecule has 0 unspecified atom stereocenters. The summed E-state index contributed by atoms with van der Waals surface area (Å²) in [4.78, 5) is 33.3. The maximum Gasteiger partial charge on any atom is 0.405 e. The topological polar surface area (TPSA) is 74.8 Å². The second kappa shape index (κ2) is 12.3. The van der Waals surface area contributed by atoms with Crippen LogP contribution in [0.25, 0.3) is 0 Å². The van der Waals surface area contributed by atoms with Gasteiger partial charge in [0.05, 0.1) is 18.4 Å². The van der Waals surface area contributed by atoms with Crippen LogP contribution in [0.3, 0.4) is 0 Å². The summed E-state index contributed by atoms with van der Waals surface area (Å²) in [5.74, 6) is 5.88. The number of halogens is 3. The molecule has 2 heterocycles. The minimum absolute atomic E-state index is 0.113. The van der Waals surface area contributed by atoms with E-state index in [1.807, 2.05) is 24.4 Å². The molecule has 2 aromatic carbocycles. The molecule has 0 atom stereocenters. The zero-order chi connectivity index (χ0) is 27.8. The lowest BCUT2D eigenvalue weighted by molar-refractivity contribution is -0.123. The summed E-state index contributed by atoms with van der Waals surface area (Å²) >= 11 is 0. The van der Waals surface area contributed by atoms with Crippen molar-refractivity contribution in [3.05, 3.63) is 89.2 Å². The monoisotopic (exact) mass is 536 g/mol. The first kappa shape index (κ1) is 27.5. The van der Waals surface area contributed by atoms with E-state index in [9.17, 15) is 22.8 Å². The van der Waals surface area contributed by atoms with E-state index in [2.05, 4.69) is 21.7 Å². The number of hydrogen-bond acceptors (Lipinski definition) is 5. The molecule has 4 rings (SSSR count). The average Bonchev–Trinajstić information content (AvgIpc) is 2.95. The number of rotatable bonds is 6. The van der Waals surface area contributed by atoms with E-state index in [1.165, 1.54) is 12.1 Å². The Morgan fingerprint density at radius 1 is 1.00 bits per heavy atom. The van der Waals surface area contributed by atoms with E-state index >= 15 is 0 Å². The van der Waals surface area contributed by atoms with Crippen LogP contribution in [-0.4, -0.2) is 67.2 Å². The van der Waals surface area contributed by atoms with Gasteiger partial charge in [0.1, 0.15) is 12.3 Å². The number of aromatic nitrogens is 1. The number of piperazine rings is 1. The lowest BCUT2D eigenvalue weighted by Gasteiger charge is -2.36. The molecule has 3 aromatic rings. The highest BCUT2D eigenvalue weighted by atomic mass is 19.4. The van der Waals surface area contributed by atoms with E-state index in [1.54, 1.807) is 47.6 Å². The number of hydrogen-bond donors (Lipinski definition) is 1. The molecular formula is C29H27F3N4O3. The summed E-state index contributed by atoms with van der Waals surface area (Å²) in [6.45, 7) is 3.13. The fraction of sp³-hybridized carbons (Fsp3) is 0.276. The molecule has 0 bridgehead atoms. The molecule has 10 heteroatoms. The number of nitrogens with zero attached hydrogens (tertiary/aromatic N) is 3. The number of pyridine rings is 1. The maximum absolute atomic E-state index is 13.3. The first-order chi connectivity index (χ1) is 18.7. The summed E-state index contributed by atoms with van der Waals surface area (Å²) in [5, 5.41) is 1.86. The predicted molar refractivity (Wildman–Crippen MR) is 141 cm³/mol. The Hall–Kier alpha value is -4.52. The third-order valence-electron chi connectivity index (χ3n) is 6.03. The normalized spacial score (nSPS) is 13.3. The minimum atomic E-state index is -4.47. The zero-order valence-electron chi connectivity index (χ0n) is 21.3. The Labute approximate surface area is 224 Å². The fourth-order valence-electron chi connectivity index (χ4n) is 4.10. The number of alkyl halides is 3. The highest BCUT2D eigenvalue weighted by Gasteiger charge is 2.28. The lowest BCUT2D eigenvalue weighted by Crippen LogP contribution is -2.49. The van der Waals surface area contributed by atoms with Gasteiger partial charge in [0, 0.05) is 54.8 Å². The third-order valence-corrected chi connectivity index (χ3v) is 6.03. The fourth-order valence-corrected chi connectivity index (χ4v) is 4.10. The molecule has 1 aliphatic heterocycles. The van der Waals surface area contributed by atoms with Crippen molar-refractivity contribution in [1.82, 2.24) is 15.2 Å². The van der Waals surface area contributed by atoms with E-state index in [0.717, 1.165) is 5.69 Å². The third kappa shape index (κ3) is 7.51. The number of amides is 2. The summed E-state index contributed by atoms with van der Waals surface area (Å²) in [6.07, 6.45) is -1.21. The minimum Gasteiger partial charge on any atom is -0.492 e. The van der Waals surface area contributed by atoms with Crippen molar-refractivity contribution in [2.45, 2.75) is 13.1 Å². The van der Waals surface area contributed by atoms with Crippen LogP contribution in [0.4, 0.5) is 18.9 Å². The quantitative estimate of drug-likeness (QED) is 0.480. The first-order valence-corrected chi connectivity index (χ1v) is 12.4. The van der Waals surface area contributed by atoms with Gasteiger partial charge in [-0.15, -0.1) is 0 Å². The van der Waals surface area contributed by atoms with E-state index in [4.69, 9.17) is 4.74 Å². The Balaban J connectivity index is 1.38. The standard InChI is InChI=1S/C29H27F3N4O3/c1-2-39-25-17-21(18-33-19-25)7-8-22-5-3-4-6-26(22)28(38)36-15-13-35(14-16-36)24-11-9-23(10-12-24)27(37)34-20-29(30,31)32/h3-6,9-12,17-19H,2,13-16,20H2,1H3,(H,34,37). The van der Waals surface area contributed by atoms with Gasteiger partial charge in [-0.1, -0.05) is 24.0 Å². The van der Waals surface area contributed by atoms with Gasteiger partial charge in [-0.05, 0) is 49.4 Å². The van der Waals surface area contributed by atoms with Gasteiger partial charge in [-0.3, -0.25) is 14.6 Å². The molecule has 202 valence electrons. The van der Waals surface area contributed by atoms with Crippen LogP contribution in [0, 0.1) is 11.8 Å². The van der Waals surface area contributed by atoms with E-state index in [-0.39, 0.29) is 11.5 Å². The predicted octanol–water partition coefficient (Wildman–Crippen LogP) is 4.13. The van der Waals surface area contributed by atoms with Gasteiger partial charge >= 0.3 is 6.18 Å². The number of anilines is 1. The van der Waals surface area contributed by atoms with Crippen molar-refractivity contribution >= 4 is 17.5 Å². The number of carbonyl (C=O) groups is 2. The second-order valence-corrected chi connectivity index (χ2v) is 8.76. The molecule has 0 saturated carbocycles. The van der Waals surface area contributed by atoms with Crippen LogP contribution < -0.4 is 15.0 Å². The lowest BCUT2D eigenvalue weighted by atomic mass is 10.1. The van der Waals surface area contributed by atoms with Crippen LogP contribution in [0.15, 0.2) is 67.0 Å². The van der Waals surface area contributed by atoms with Gasteiger partial charge in [0.25, 0.3) is 11.8 Å². The molecule has 7 nitrogen and oxygen atoms in total. The molecule has 0 spiro atoms. The van der Waals surface area contributed by atoms with Crippen LogP contribution in [-0.2, 0) is 0 Å². The molecule has 39 heavy (non-hydrogen) atoms. The zero-order valence-corrected chi connectivity index (χ0v) is 21.3. The molecule has 1 aliphatic rings. The second-order valence-electron chi connectivity index (χ2n) is 8.76. The van der Waals surface area contributed by atoms with Gasteiger partial charge in [0.15, 0.2) is 0 Å². The summed E-state index contributed by atoms with van der Waals surface area (Å²) < 4.78 is 42.5. The van der Waals surface area contributed by atoms with E-state index < -0.39 is 18.6 Å². The molecule has 1 fully saturated rings. The number of nitrogens with one attached hydrogen (secondary N) is 1. The van der Waals surface area contributed by atoms with Crippen LogP contribution >= 0.6 is 0 Å². The van der Waals surface area contributed by atoms with Gasteiger partial charge < -0.3 is 19.9 Å². The van der Waals surface area contributed by atoms with Gasteiger partial charge in [0.2, 0.25) is 0 Å². The Bertz CT molecular complexity index is 1370. The molecular weight excluding hydrogens is 509 g/mol. The van der Waals surface area contributed by atoms with Crippen molar-refractivity contribution in [2.75, 3.05) is 44.2 Å². The molecule has 1 aromatic heterocycles.